The molecule has 7 nitrogen and oxygen atoms in total. The summed E-state index contributed by atoms with van der Waals surface area (Å²) < 4.78 is 0. The quantitative estimate of drug-likeness (QED) is 0.295. The Labute approximate surface area is 208 Å². The molecule has 2 amide bonds. The molecule has 1 aromatic heterocycles. The fourth-order valence-electron chi connectivity index (χ4n) is 2.71. The van der Waals surface area contributed by atoms with E-state index >= 15 is 0 Å². The highest BCUT2D eigenvalue weighted by atomic mass is 35.5. The molecule has 2 aromatic carbocycles. The van der Waals surface area contributed by atoms with E-state index in [0.717, 1.165) is 10.5 Å². The molecule has 1 heterocycles. The smallest absolute Gasteiger partial charge is 0.303 e. The molecular weight excluding hydrogens is 505 g/mol. The lowest BCUT2D eigenvalue weighted by atomic mass is 10.2. The molecule has 0 saturated carbocycles. The summed E-state index contributed by atoms with van der Waals surface area (Å²) in [6.45, 7) is 1.77. The molecule has 1 atom stereocenters. The number of thioether (sulfide) groups is 1. The number of carbonyl (C=O) groups excluding carboxylic acids is 2. The van der Waals surface area contributed by atoms with Gasteiger partial charge in [-0.05, 0) is 43.3 Å². The predicted molar refractivity (Wildman–Crippen MR) is 133 cm³/mol. The minimum absolute atomic E-state index is 0.109. The molecule has 11 heteroatoms. The number of amides is 2. The second-order valence-electron chi connectivity index (χ2n) is 6.88. The normalized spacial score (nSPS) is 11.6. The molecule has 3 rings (SSSR count). The average molecular weight is 524 g/mol. The number of nitrogens with one attached hydrogen (secondary N) is 2. The predicted octanol–water partition coefficient (Wildman–Crippen LogP) is 6.04. The number of hydrogen-bond donors (Lipinski definition) is 3. The van der Waals surface area contributed by atoms with Gasteiger partial charge < -0.3 is 15.7 Å². The zero-order valence-electron chi connectivity index (χ0n) is 17.3. The van der Waals surface area contributed by atoms with Gasteiger partial charge in [0.25, 0.3) is 0 Å². The number of hydrogen-bond acceptors (Lipinski definition) is 6. The Kier molecular flexibility index (Phi) is 8.74. The molecule has 1 unspecified atom stereocenters. The van der Waals surface area contributed by atoms with E-state index in [1.54, 1.807) is 48.7 Å². The average Bonchev–Trinajstić information content (AvgIpc) is 3.20. The number of carboxylic acid groups (broad SMARTS) is 1. The van der Waals surface area contributed by atoms with Crippen LogP contribution in [0.2, 0.25) is 10.0 Å². The molecule has 3 aromatic rings. The summed E-state index contributed by atoms with van der Waals surface area (Å²) in [6, 6.07) is 12.1. The molecule has 0 aliphatic rings. The standard InChI is InChI=1S/C22H19Cl2N3O4S2/c1-12(33-15-4-2-3-14(10-15)25-19(28)7-8-20(29)30)21(31)27-22-26-18(11-32-22)16-6-5-13(23)9-17(16)24/h2-6,9-12H,7-8H2,1H3,(H,25,28)(H,29,30)(H,26,27,31). The fourth-order valence-corrected chi connectivity index (χ4v) is 4.85. The van der Waals surface area contributed by atoms with Crippen LogP contribution in [0.15, 0.2) is 52.7 Å². The Morgan fingerprint density at radius 2 is 1.91 bits per heavy atom. The van der Waals surface area contributed by atoms with Crippen LogP contribution in [0.5, 0.6) is 0 Å². The van der Waals surface area contributed by atoms with E-state index in [0.29, 0.717) is 26.6 Å². The molecule has 0 aliphatic heterocycles. The Bertz CT molecular complexity index is 1190. The van der Waals surface area contributed by atoms with Gasteiger partial charge in [0.1, 0.15) is 0 Å². The number of rotatable bonds is 9. The molecular formula is C22H19Cl2N3O4S2. The van der Waals surface area contributed by atoms with Crippen LogP contribution < -0.4 is 10.6 Å². The lowest BCUT2D eigenvalue weighted by Gasteiger charge is -2.12. The highest BCUT2D eigenvalue weighted by Gasteiger charge is 2.17. The fraction of sp³-hybridized carbons (Fsp3) is 0.182. The van der Waals surface area contributed by atoms with Crippen LogP contribution in [-0.2, 0) is 14.4 Å². The molecule has 0 radical (unpaired) electrons. The third kappa shape index (κ3) is 7.46. The van der Waals surface area contributed by atoms with Crippen LogP contribution in [0.25, 0.3) is 11.3 Å². The first kappa shape index (κ1) is 25.0. The number of carbonyl (C=O) groups is 3. The monoisotopic (exact) mass is 523 g/mol. The van der Waals surface area contributed by atoms with E-state index in [4.69, 9.17) is 28.3 Å². The highest BCUT2D eigenvalue weighted by molar-refractivity contribution is 8.00. The Morgan fingerprint density at radius 1 is 1.12 bits per heavy atom. The number of benzene rings is 2. The summed E-state index contributed by atoms with van der Waals surface area (Å²) in [4.78, 5) is 40.3. The van der Waals surface area contributed by atoms with Crippen molar-refractivity contribution >= 4 is 74.9 Å². The lowest BCUT2D eigenvalue weighted by Crippen LogP contribution is -2.22. The SMILES string of the molecule is CC(Sc1cccc(NC(=O)CCC(=O)O)c1)C(=O)Nc1nc(-c2ccc(Cl)cc2Cl)cs1. The molecule has 33 heavy (non-hydrogen) atoms. The van der Waals surface area contributed by atoms with Crippen LogP contribution in [-0.4, -0.2) is 33.1 Å². The first-order valence-electron chi connectivity index (χ1n) is 9.71. The van der Waals surface area contributed by atoms with Gasteiger partial charge in [-0.25, -0.2) is 4.98 Å². The third-order valence-corrected chi connectivity index (χ3v) is 6.71. The number of halogens is 2. The Morgan fingerprint density at radius 3 is 2.64 bits per heavy atom. The van der Waals surface area contributed by atoms with Crippen LogP contribution >= 0.6 is 46.3 Å². The van der Waals surface area contributed by atoms with E-state index < -0.39 is 11.2 Å². The van der Waals surface area contributed by atoms with Crippen molar-refractivity contribution in [3.63, 3.8) is 0 Å². The Balaban J connectivity index is 1.58. The molecule has 0 fully saturated rings. The van der Waals surface area contributed by atoms with Crippen LogP contribution in [0.1, 0.15) is 19.8 Å². The largest absolute Gasteiger partial charge is 0.481 e. The summed E-state index contributed by atoms with van der Waals surface area (Å²) in [7, 11) is 0. The molecule has 0 saturated heterocycles. The summed E-state index contributed by atoms with van der Waals surface area (Å²) in [5.74, 6) is -1.64. The summed E-state index contributed by atoms with van der Waals surface area (Å²) in [6.07, 6.45) is -0.345. The van der Waals surface area contributed by atoms with Crippen molar-refractivity contribution in [3.05, 3.63) is 57.9 Å². The van der Waals surface area contributed by atoms with Crippen molar-refractivity contribution in [2.24, 2.45) is 0 Å². The second kappa shape index (κ2) is 11.5. The first-order chi connectivity index (χ1) is 15.7. The maximum Gasteiger partial charge on any atom is 0.303 e. The maximum atomic E-state index is 12.7. The van der Waals surface area contributed by atoms with Crippen molar-refractivity contribution in [1.29, 1.82) is 0 Å². The van der Waals surface area contributed by atoms with Gasteiger partial charge in [0.2, 0.25) is 11.8 Å². The van der Waals surface area contributed by atoms with Gasteiger partial charge in [-0.3, -0.25) is 14.4 Å². The van der Waals surface area contributed by atoms with Crippen LogP contribution in [0, 0.1) is 0 Å². The molecule has 0 bridgehead atoms. The van der Waals surface area contributed by atoms with E-state index in [1.807, 2.05) is 6.07 Å². The maximum absolute atomic E-state index is 12.7. The lowest BCUT2D eigenvalue weighted by molar-refractivity contribution is -0.138. The molecule has 0 spiro atoms. The van der Waals surface area contributed by atoms with E-state index in [9.17, 15) is 14.4 Å². The number of aromatic nitrogens is 1. The summed E-state index contributed by atoms with van der Waals surface area (Å²) in [5.41, 5.74) is 1.90. The minimum atomic E-state index is -1.03. The van der Waals surface area contributed by atoms with Crippen molar-refractivity contribution in [2.75, 3.05) is 10.6 Å². The number of nitrogens with zero attached hydrogens (tertiary/aromatic N) is 1. The van der Waals surface area contributed by atoms with Crippen molar-refractivity contribution < 1.29 is 19.5 Å². The molecule has 3 N–H and O–H groups in total. The summed E-state index contributed by atoms with van der Waals surface area (Å²) in [5, 5.41) is 17.0. The summed E-state index contributed by atoms with van der Waals surface area (Å²) >= 11 is 14.8. The van der Waals surface area contributed by atoms with Gasteiger partial charge in [-0.1, -0.05) is 29.3 Å². The number of thiazole rings is 1. The zero-order chi connectivity index (χ0) is 24.0. The van der Waals surface area contributed by atoms with E-state index in [2.05, 4.69) is 15.6 Å². The van der Waals surface area contributed by atoms with Crippen LogP contribution in [0.3, 0.4) is 0 Å². The van der Waals surface area contributed by atoms with Crippen molar-refractivity contribution in [3.8, 4) is 11.3 Å². The van der Waals surface area contributed by atoms with Gasteiger partial charge in [-0.2, -0.15) is 0 Å². The number of carboxylic acids is 1. The van der Waals surface area contributed by atoms with Crippen molar-refractivity contribution in [2.45, 2.75) is 29.9 Å². The third-order valence-electron chi connectivity index (χ3n) is 4.31. The van der Waals surface area contributed by atoms with Gasteiger partial charge in [0, 0.05) is 33.0 Å². The van der Waals surface area contributed by atoms with E-state index in [1.165, 1.54) is 23.1 Å². The molecule has 172 valence electrons. The van der Waals surface area contributed by atoms with Gasteiger partial charge in [0.15, 0.2) is 5.13 Å². The van der Waals surface area contributed by atoms with Gasteiger partial charge >= 0.3 is 5.97 Å². The second-order valence-corrected chi connectivity index (χ2v) is 10.00. The van der Waals surface area contributed by atoms with Crippen molar-refractivity contribution in [1.82, 2.24) is 4.98 Å². The van der Waals surface area contributed by atoms with E-state index in [-0.39, 0.29) is 24.7 Å². The number of anilines is 2. The minimum Gasteiger partial charge on any atom is -0.481 e. The Hall–Kier alpha value is -2.59. The zero-order valence-corrected chi connectivity index (χ0v) is 20.4. The first-order valence-corrected chi connectivity index (χ1v) is 12.2. The van der Waals surface area contributed by atoms with Crippen LogP contribution in [0.4, 0.5) is 10.8 Å². The van der Waals surface area contributed by atoms with Gasteiger partial charge in [0.05, 0.1) is 22.4 Å². The van der Waals surface area contributed by atoms with Gasteiger partial charge in [-0.15, -0.1) is 23.1 Å². The number of aliphatic carboxylic acids is 1. The topological polar surface area (TPSA) is 108 Å². The highest BCUT2D eigenvalue weighted by Crippen LogP contribution is 2.33. The molecule has 0 aliphatic carbocycles.